The van der Waals surface area contributed by atoms with Crippen molar-refractivity contribution in [3.8, 4) is 0 Å². The monoisotopic (exact) mass is 226 g/mol. The molecular formula is C14H30N2. The molecule has 0 saturated carbocycles. The van der Waals surface area contributed by atoms with Crippen molar-refractivity contribution in [2.24, 2.45) is 5.92 Å². The normalized spacial score (nSPS) is 26.2. The van der Waals surface area contributed by atoms with Crippen LogP contribution in [0.4, 0.5) is 0 Å². The molecule has 0 aromatic carbocycles. The van der Waals surface area contributed by atoms with Crippen LogP contribution < -0.4 is 5.32 Å². The van der Waals surface area contributed by atoms with Gasteiger partial charge in [-0.15, -0.1) is 0 Å². The molecule has 2 heteroatoms. The van der Waals surface area contributed by atoms with Gasteiger partial charge >= 0.3 is 0 Å². The van der Waals surface area contributed by atoms with Crippen molar-refractivity contribution < 1.29 is 0 Å². The van der Waals surface area contributed by atoms with E-state index in [1.54, 1.807) is 0 Å². The Hall–Kier alpha value is -0.0800. The van der Waals surface area contributed by atoms with E-state index in [4.69, 9.17) is 0 Å². The molecule has 3 unspecified atom stereocenters. The Kier molecular flexibility index (Phi) is 5.77. The fourth-order valence-electron chi connectivity index (χ4n) is 2.75. The van der Waals surface area contributed by atoms with Gasteiger partial charge in [0.05, 0.1) is 0 Å². The molecule has 2 nitrogen and oxygen atoms in total. The topological polar surface area (TPSA) is 15.3 Å². The largest absolute Gasteiger partial charge is 0.314 e. The summed E-state index contributed by atoms with van der Waals surface area (Å²) in [5.74, 6) is 0.745. The Morgan fingerprint density at radius 2 is 1.94 bits per heavy atom. The predicted molar refractivity (Wildman–Crippen MR) is 71.8 cm³/mol. The molecule has 3 atom stereocenters. The van der Waals surface area contributed by atoms with Gasteiger partial charge in [-0.1, -0.05) is 27.7 Å². The maximum atomic E-state index is 3.56. The Bertz CT molecular complexity index is 191. The summed E-state index contributed by atoms with van der Waals surface area (Å²) < 4.78 is 0. The molecule has 0 amide bonds. The van der Waals surface area contributed by atoms with Gasteiger partial charge < -0.3 is 5.32 Å². The number of hydrogen-bond donors (Lipinski definition) is 1. The summed E-state index contributed by atoms with van der Waals surface area (Å²) in [6.07, 6.45) is 4.12. The summed E-state index contributed by atoms with van der Waals surface area (Å²) in [5, 5.41) is 3.56. The highest BCUT2D eigenvalue weighted by atomic mass is 15.2. The third-order valence-corrected chi connectivity index (χ3v) is 4.09. The van der Waals surface area contributed by atoms with E-state index in [9.17, 15) is 0 Å². The number of likely N-dealkylation sites (tertiary alicyclic amines) is 1. The van der Waals surface area contributed by atoms with Gasteiger partial charge in [0.1, 0.15) is 0 Å². The molecule has 0 radical (unpaired) electrons. The van der Waals surface area contributed by atoms with Crippen molar-refractivity contribution in [1.82, 2.24) is 10.2 Å². The van der Waals surface area contributed by atoms with Crippen LogP contribution in [0.25, 0.3) is 0 Å². The quantitative estimate of drug-likeness (QED) is 0.749. The third kappa shape index (κ3) is 3.74. The standard InChI is InChI=1S/C14H30N2/c1-6-14-8-7-9-16(14)13(5)12(4)10-15-11(2)3/h11-15H,6-10H2,1-5H3. The number of nitrogens with one attached hydrogen (secondary N) is 1. The first-order chi connectivity index (χ1) is 7.56. The maximum absolute atomic E-state index is 3.56. The second-order valence-electron chi connectivity index (χ2n) is 5.72. The summed E-state index contributed by atoms with van der Waals surface area (Å²) >= 11 is 0. The maximum Gasteiger partial charge on any atom is 0.0108 e. The van der Waals surface area contributed by atoms with E-state index in [0.29, 0.717) is 6.04 Å². The summed E-state index contributed by atoms with van der Waals surface area (Å²) in [7, 11) is 0. The van der Waals surface area contributed by atoms with Crippen LogP contribution in [0.2, 0.25) is 0 Å². The van der Waals surface area contributed by atoms with Crippen LogP contribution in [0, 0.1) is 5.92 Å². The molecule has 1 rings (SSSR count). The minimum atomic E-state index is 0.607. The van der Waals surface area contributed by atoms with Gasteiger partial charge in [0.2, 0.25) is 0 Å². The molecular weight excluding hydrogens is 196 g/mol. The summed E-state index contributed by atoms with van der Waals surface area (Å²) in [6.45, 7) is 14.0. The molecule has 0 aliphatic carbocycles. The van der Waals surface area contributed by atoms with Crippen LogP contribution in [0.5, 0.6) is 0 Å². The highest BCUT2D eigenvalue weighted by molar-refractivity contribution is 4.85. The van der Waals surface area contributed by atoms with Crippen molar-refractivity contribution in [3.05, 3.63) is 0 Å². The van der Waals surface area contributed by atoms with E-state index in [1.165, 1.54) is 25.8 Å². The molecule has 0 spiro atoms. The molecule has 1 aliphatic heterocycles. The highest BCUT2D eigenvalue weighted by Crippen LogP contribution is 2.25. The van der Waals surface area contributed by atoms with E-state index >= 15 is 0 Å². The Balaban J connectivity index is 2.39. The smallest absolute Gasteiger partial charge is 0.0108 e. The fraction of sp³-hybridized carbons (Fsp3) is 1.00. The minimum Gasteiger partial charge on any atom is -0.314 e. The van der Waals surface area contributed by atoms with Gasteiger partial charge in [0.25, 0.3) is 0 Å². The lowest BCUT2D eigenvalue weighted by Gasteiger charge is -2.34. The van der Waals surface area contributed by atoms with Crippen LogP contribution in [-0.4, -0.2) is 36.1 Å². The van der Waals surface area contributed by atoms with Gasteiger partial charge in [-0.2, -0.15) is 0 Å². The van der Waals surface area contributed by atoms with Crippen LogP contribution in [0.3, 0.4) is 0 Å². The summed E-state index contributed by atoms with van der Waals surface area (Å²) in [4.78, 5) is 2.73. The highest BCUT2D eigenvalue weighted by Gasteiger charge is 2.29. The van der Waals surface area contributed by atoms with Gasteiger partial charge in [0.15, 0.2) is 0 Å². The average Bonchev–Trinajstić information content (AvgIpc) is 2.72. The molecule has 1 fully saturated rings. The predicted octanol–water partition coefficient (Wildman–Crippen LogP) is 2.88. The minimum absolute atomic E-state index is 0.607. The Morgan fingerprint density at radius 3 is 2.50 bits per heavy atom. The Morgan fingerprint density at radius 1 is 1.25 bits per heavy atom. The molecule has 1 N–H and O–H groups in total. The fourth-order valence-corrected chi connectivity index (χ4v) is 2.75. The number of rotatable bonds is 6. The lowest BCUT2D eigenvalue weighted by molar-refractivity contribution is 0.141. The van der Waals surface area contributed by atoms with Crippen molar-refractivity contribution >= 4 is 0 Å². The van der Waals surface area contributed by atoms with Crippen molar-refractivity contribution in [1.29, 1.82) is 0 Å². The first-order valence-corrected chi connectivity index (χ1v) is 7.05. The zero-order valence-corrected chi connectivity index (χ0v) is 11.8. The average molecular weight is 226 g/mol. The van der Waals surface area contributed by atoms with Crippen LogP contribution in [-0.2, 0) is 0 Å². The van der Waals surface area contributed by atoms with Gasteiger partial charge in [-0.25, -0.2) is 0 Å². The number of nitrogens with zero attached hydrogens (tertiary/aromatic N) is 1. The van der Waals surface area contributed by atoms with Crippen LogP contribution in [0.1, 0.15) is 53.9 Å². The van der Waals surface area contributed by atoms with E-state index < -0.39 is 0 Å². The van der Waals surface area contributed by atoms with E-state index in [1.807, 2.05) is 0 Å². The molecule has 96 valence electrons. The lowest BCUT2D eigenvalue weighted by Crippen LogP contribution is -2.44. The first kappa shape index (κ1) is 14.0. The Labute approximate surface area is 102 Å². The van der Waals surface area contributed by atoms with Gasteiger partial charge in [-0.3, -0.25) is 4.90 Å². The zero-order valence-electron chi connectivity index (χ0n) is 11.8. The van der Waals surface area contributed by atoms with Crippen molar-refractivity contribution in [2.45, 2.75) is 72.0 Å². The van der Waals surface area contributed by atoms with E-state index in [2.05, 4.69) is 44.8 Å². The lowest BCUT2D eigenvalue weighted by atomic mass is 10.0. The van der Waals surface area contributed by atoms with Gasteiger partial charge in [-0.05, 0) is 45.2 Å². The summed E-state index contributed by atoms with van der Waals surface area (Å²) in [5.41, 5.74) is 0. The summed E-state index contributed by atoms with van der Waals surface area (Å²) in [6, 6.07) is 2.17. The van der Waals surface area contributed by atoms with E-state index in [-0.39, 0.29) is 0 Å². The molecule has 16 heavy (non-hydrogen) atoms. The molecule has 0 bridgehead atoms. The van der Waals surface area contributed by atoms with E-state index in [0.717, 1.165) is 24.5 Å². The zero-order chi connectivity index (χ0) is 12.1. The SMILES string of the molecule is CCC1CCCN1C(C)C(C)CNC(C)C. The van der Waals surface area contributed by atoms with Crippen molar-refractivity contribution in [3.63, 3.8) is 0 Å². The first-order valence-electron chi connectivity index (χ1n) is 7.05. The second-order valence-corrected chi connectivity index (χ2v) is 5.72. The second kappa shape index (κ2) is 6.61. The molecule has 0 aromatic rings. The van der Waals surface area contributed by atoms with Crippen LogP contribution >= 0.6 is 0 Å². The van der Waals surface area contributed by atoms with Gasteiger partial charge in [0, 0.05) is 18.1 Å². The van der Waals surface area contributed by atoms with Crippen LogP contribution in [0.15, 0.2) is 0 Å². The van der Waals surface area contributed by atoms with Crippen molar-refractivity contribution in [2.75, 3.05) is 13.1 Å². The molecule has 1 aliphatic rings. The molecule has 0 aromatic heterocycles. The third-order valence-electron chi connectivity index (χ3n) is 4.09. The molecule has 1 heterocycles. The molecule has 1 saturated heterocycles. The number of hydrogen-bond acceptors (Lipinski definition) is 2.